The largest absolute Gasteiger partial charge is 0.497 e. The zero-order valence-corrected chi connectivity index (χ0v) is 15.9. The first kappa shape index (κ1) is 18.2. The van der Waals surface area contributed by atoms with Crippen LogP contribution >= 0.6 is 11.3 Å². The molecule has 0 bridgehead atoms. The van der Waals surface area contributed by atoms with Crippen LogP contribution in [0.1, 0.15) is 10.4 Å². The van der Waals surface area contributed by atoms with E-state index >= 15 is 0 Å². The lowest BCUT2D eigenvalue weighted by Gasteiger charge is -2.05. The summed E-state index contributed by atoms with van der Waals surface area (Å²) in [4.78, 5) is 17.6. The van der Waals surface area contributed by atoms with E-state index in [1.165, 1.54) is 23.1 Å². The molecule has 138 valence electrons. The molecule has 1 amide bonds. The minimum atomic E-state index is -0.403. The molecule has 8 nitrogen and oxygen atoms in total. The van der Waals surface area contributed by atoms with Crippen molar-refractivity contribution in [3.63, 3.8) is 0 Å². The first-order valence-corrected chi connectivity index (χ1v) is 8.72. The SMILES string of the molecule is COCCn1c(=NC(=O)c2cn(C)nc2OC)sc2cc(OC)ccc21. The second-order valence-corrected chi connectivity index (χ2v) is 6.51. The zero-order valence-electron chi connectivity index (χ0n) is 15.1. The van der Waals surface area contributed by atoms with Crippen LogP contribution in [0.2, 0.25) is 0 Å². The lowest BCUT2D eigenvalue weighted by Crippen LogP contribution is -2.19. The minimum Gasteiger partial charge on any atom is -0.497 e. The lowest BCUT2D eigenvalue weighted by atomic mass is 10.3. The molecule has 26 heavy (non-hydrogen) atoms. The molecule has 1 aromatic carbocycles. The maximum atomic E-state index is 12.7. The van der Waals surface area contributed by atoms with E-state index in [1.54, 1.807) is 27.5 Å². The number of carbonyl (C=O) groups is 1. The van der Waals surface area contributed by atoms with Gasteiger partial charge in [0, 0.05) is 26.9 Å². The second-order valence-electron chi connectivity index (χ2n) is 5.51. The van der Waals surface area contributed by atoms with Gasteiger partial charge >= 0.3 is 0 Å². The molecule has 0 radical (unpaired) electrons. The van der Waals surface area contributed by atoms with Crippen LogP contribution in [-0.2, 0) is 18.3 Å². The number of nitrogens with zero attached hydrogens (tertiary/aromatic N) is 4. The molecule has 0 aliphatic heterocycles. The number of methoxy groups -OCH3 is 3. The number of hydrogen-bond donors (Lipinski definition) is 0. The molecule has 0 atom stereocenters. The van der Waals surface area contributed by atoms with Crippen LogP contribution in [-0.4, -0.2) is 48.2 Å². The highest BCUT2D eigenvalue weighted by atomic mass is 32.1. The van der Waals surface area contributed by atoms with Crippen LogP contribution in [0.5, 0.6) is 11.6 Å². The third-order valence-electron chi connectivity index (χ3n) is 3.82. The summed E-state index contributed by atoms with van der Waals surface area (Å²) >= 11 is 1.42. The Hall–Kier alpha value is -2.65. The van der Waals surface area contributed by atoms with Crippen molar-refractivity contribution < 1.29 is 19.0 Å². The predicted molar refractivity (Wildman–Crippen MR) is 97.9 cm³/mol. The van der Waals surface area contributed by atoms with E-state index < -0.39 is 5.91 Å². The molecule has 3 rings (SSSR count). The molecule has 9 heteroatoms. The normalized spacial score (nSPS) is 11.9. The quantitative estimate of drug-likeness (QED) is 0.656. The molecule has 0 fully saturated rings. The van der Waals surface area contributed by atoms with Gasteiger partial charge in [0.25, 0.3) is 5.91 Å². The van der Waals surface area contributed by atoms with Crippen molar-refractivity contribution >= 4 is 27.5 Å². The van der Waals surface area contributed by atoms with E-state index in [9.17, 15) is 4.79 Å². The van der Waals surface area contributed by atoms with Crippen molar-refractivity contribution in [1.82, 2.24) is 14.3 Å². The van der Waals surface area contributed by atoms with Gasteiger partial charge in [-0.05, 0) is 18.2 Å². The molecular weight excluding hydrogens is 356 g/mol. The zero-order chi connectivity index (χ0) is 18.7. The summed E-state index contributed by atoms with van der Waals surface area (Å²) in [5.74, 6) is 0.608. The summed E-state index contributed by atoms with van der Waals surface area (Å²) in [6, 6.07) is 5.76. The molecular formula is C17H20N4O4S. The van der Waals surface area contributed by atoms with Crippen molar-refractivity contribution in [2.75, 3.05) is 27.9 Å². The molecule has 0 saturated heterocycles. The fourth-order valence-corrected chi connectivity index (χ4v) is 3.66. The number of thiazole rings is 1. The number of benzene rings is 1. The highest BCUT2D eigenvalue weighted by molar-refractivity contribution is 7.16. The van der Waals surface area contributed by atoms with Crippen molar-refractivity contribution in [2.45, 2.75) is 6.54 Å². The number of aryl methyl sites for hydroxylation is 1. The average molecular weight is 376 g/mol. The lowest BCUT2D eigenvalue weighted by molar-refractivity contribution is 0.0994. The first-order chi connectivity index (χ1) is 12.6. The Morgan fingerprint density at radius 2 is 2.08 bits per heavy atom. The Morgan fingerprint density at radius 3 is 2.77 bits per heavy atom. The van der Waals surface area contributed by atoms with Crippen LogP contribution in [0.3, 0.4) is 0 Å². The number of ether oxygens (including phenoxy) is 3. The fourth-order valence-electron chi connectivity index (χ4n) is 2.58. The molecule has 3 aromatic rings. The van der Waals surface area contributed by atoms with E-state index in [4.69, 9.17) is 14.2 Å². The Bertz CT molecular complexity index is 1000. The van der Waals surface area contributed by atoms with E-state index in [0.29, 0.717) is 23.5 Å². The number of carbonyl (C=O) groups excluding carboxylic acids is 1. The fraction of sp³-hybridized carbons (Fsp3) is 0.353. The molecule has 0 unspecified atom stereocenters. The van der Waals surface area contributed by atoms with Gasteiger partial charge in [0.1, 0.15) is 11.3 Å². The smallest absolute Gasteiger partial charge is 0.286 e. The van der Waals surface area contributed by atoms with Crippen molar-refractivity contribution in [1.29, 1.82) is 0 Å². The summed E-state index contributed by atoms with van der Waals surface area (Å²) in [7, 11) is 6.46. The standard InChI is InChI=1S/C17H20N4O4S/c1-20-10-12(16(19-20)25-4)15(22)18-17-21(7-8-23-2)13-6-5-11(24-3)9-14(13)26-17/h5-6,9-10H,7-8H2,1-4H3. The molecule has 0 N–H and O–H groups in total. The molecule has 2 aromatic heterocycles. The summed E-state index contributed by atoms with van der Waals surface area (Å²) < 4.78 is 20.1. The summed E-state index contributed by atoms with van der Waals surface area (Å²) in [5, 5.41) is 4.10. The van der Waals surface area contributed by atoms with Gasteiger partial charge < -0.3 is 18.8 Å². The Morgan fingerprint density at radius 1 is 1.27 bits per heavy atom. The van der Waals surface area contributed by atoms with E-state index in [0.717, 1.165) is 16.0 Å². The van der Waals surface area contributed by atoms with E-state index in [1.807, 2.05) is 22.8 Å². The van der Waals surface area contributed by atoms with Crippen LogP contribution in [0, 0.1) is 0 Å². The van der Waals surface area contributed by atoms with Crippen molar-refractivity contribution in [3.8, 4) is 11.6 Å². The third-order valence-corrected chi connectivity index (χ3v) is 4.87. The summed E-state index contributed by atoms with van der Waals surface area (Å²) in [5.41, 5.74) is 1.29. The molecule has 0 aliphatic rings. The van der Waals surface area contributed by atoms with Crippen LogP contribution in [0.25, 0.3) is 10.2 Å². The number of rotatable bonds is 6. The van der Waals surface area contributed by atoms with E-state index in [-0.39, 0.29) is 5.88 Å². The number of hydrogen-bond acceptors (Lipinski definition) is 6. The summed E-state index contributed by atoms with van der Waals surface area (Å²) in [6.07, 6.45) is 1.60. The van der Waals surface area contributed by atoms with Gasteiger partial charge in [-0.1, -0.05) is 11.3 Å². The Labute approximate surface area is 154 Å². The first-order valence-electron chi connectivity index (χ1n) is 7.90. The second kappa shape index (κ2) is 7.71. The number of fused-ring (bicyclic) bond motifs is 1. The molecule has 0 aliphatic carbocycles. The maximum absolute atomic E-state index is 12.7. The minimum absolute atomic E-state index is 0.257. The Balaban J connectivity index is 2.12. The van der Waals surface area contributed by atoms with Gasteiger partial charge in [-0.25, -0.2) is 0 Å². The van der Waals surface area contributed by atoms with Crippen LogP contribution < -0.4 is 14.3 Å². The van der Waals surface area contributed by atoms with Gasteiger partial charge in [-0.2, -0.15) is 4.99 Å². The molecule has 0 spiro atoms. The van der Waals surface area contributed by atoms with Gasteiger partial charge in [0.05, 0.1) is 31.0 Å². The number of aromatic nitrogens is 3. The van der Waals surface area contributed by atoms with Crippen LogP contribution in [0.4, 0.5) is 0 Å². The predicted octanol–water partition coefficient (Wildman–Crippen LogP) is 1.84. The highest BCUT2D eigenvalue weighted by Gasteiger charge is 2.17. The van der Waals surface area contributed by atoms with E-state index in [2.05, 4.69) is 10.1 Å². The van der Waals surface area contributed by atoms with Gasteiger partial charge in [0.15, 0.2) is 4.80 Å². The maximum Gasteiger partial charge on any atom is 0.286 e. The van der Waals surface area contributed by atoms with Gasteiger partial charge in [0.2, 0.25) is 5.88 Å². The van der Waals surface area contributed by atoms with Gasteiger partial charge in [-0.3, -0.25) is 9.48 Å². The van der Waals surface area contributed by atoms with Crippen molar-refractivity contribution in [2.24, 2.45) is 12.0 Å². The average Bonchev–Trinajstić information content (AvgIpc) is 3.18. The third kappa shape index (κ3) is 3.49. The number of amides is 1. The Kier molecular flexibility index (Phi) is 5.38. The van der Waals surface area contributed by atoms with Crippen molar-refractivity contribution in [3.05, 3.63) is 34.8 Å². The van der Waals surface area contributed by atoms with Crippen LogP contribution in [0.15, 0.2) is 29.4 Å². The monoisotopic (exact) mass is 376 g/mol. The molecule has 0 saturated carbocycles. The summed E-state index contributed by atoms with van der Waals surface area (Å²) in [6.45, 7) is 1.09. The topological polar surface area (TPSA) is 79.9 Å². The van der Waals surface area contributed by atoms with Gasteiger partial charge in [-0.15, -0.1) is 5.10 Å². The molecule has 2 heterocycles. The highest BCUT2D eigenvalue weighted by Crippen LogP contribution is 2.23.